The Hall–Kier alpha value is 0.0738. The number of rotatable bonds is 16. The van der Waals surface area contributed by atoms with Gasteiger partial charge >= 0.3 is 17.6 Å². The van der Waals surface area contributed by atoms with Crippen molar-refractivity contribution in [2.24, 2.45) is 0 Å². The molecule has 0 N–H and O–H groups in total. The molecule has 2 aliphatic rings. The first-order chi connectivity index (χ1) is 13.0. The molecule has 0 bridgehead atoms. The van der Waals surface area contributed by atoms with Gasteiger partial charge in [-0.3, -0.25) is 0 Å². The number of ether oxygens (including phenoxy) is 4. The molecule has 0 amide bonds. The molecule has 9 nitrogen and oxygen atoms in total. The normalized spacial score (nSPS) is 27.8. The molecule has 0 aliphatic carbocycles. The largest absolute Gasteiger partial charge is 0.495 e. The Labute approximate surface area is 164 Å². The minimum atomic E-state index is -3.08. The van der Waals surface area contributed by atoms with E-state index in [2.05, 4.69) is 13.8 Å². The molecule has 2 saturated heterocycles. The highest BCUT2D eigenvalue weighted by Crippen LogP contribution is 2.37. The van der Waals surface area contributed by atoms with E-state index in [4.69, 9.17) is 40.8 Å². The summed E-state index contributed by atoms with van der Waals surface area (Å²) in [5.41, 5.74) is 0. The second-order valence-electron chi connectivity index (χ2n) is 6.52. The molecule has 0 spiro atoms. The van der Waals surface area contributed by atoms with Crippen LogP contribution in [0.1, 0.15) is 26.7 Å². The Kier molecular flexibility index (Phi) is 9.29. The predicted molar refractivity (Wildman–Crippen MR) is 100 cm³/mol. The van der Waals surface area contributed by atoms with Gasteiger partial charge in [0.15, 0.2) is 12.6 Å². The Morgan fingerprint density at radius 2 is 1.04 bits per heavy atom. The highest BCUT2D eigenvalue weighted by molar-refractivity contribution is 6.75. The average molecular weight is 427 g/mol. The van der Waals surface area contributed by atoms with Crippen molar-refractivity contribution in [3.05, 3.63) is 0 Å². The van der Waals surface area contributed by atoms with E-state index in [0.29, 0.717) is 25.3 Å². The van der Waals surface area contributed by atoms with Crippen molar-refractivity contribution >= 4 is 17.6 Å². The fourth-order valence-corrected chi connectivity index (χ4v) is 9.24. The van der Waals surface area contributed by atoms with Crippen molar-refractivity contribution < 1.29 is 40.8 Å². The Balaban J connectivity index is 1.95. The summed E-state index contributed by atoms with van der Waals surface area (Å²) >= 11 is 0. The highest BCUT2D eigenvalue weighted by atomic mass is 28.5. The zero-order valence-corrected chi connectivity index (χ0v) is 19.2. The van der Waals surface area contributed by atoms with Crippen LogP contribution in [-0.2, 0) is 40.8 Å². The van der Waals surface area contributed by atoms with Crippen molar-refractivity contribution in [2.45, 2.75) is 63.6 Å². The fraction of sp³-hybridized carbons (Fsp3) is 1.00. The molecule has 4 unspecified atom stereocenters. The predicted octanol–water partition coefficient (Wildman–Crippen LogP) is 1.77. The minimum absolute atomic E-state index is 0.110. The first kappa shape index (κ1) is 23.4. The molecule has 0 aromatic carbocycles. The first-order valence-electron chi connectivity index (χ1n) is 9.45. The van der Waals surface area contributed by atoms with E-state index in [1.54, 1.807) is 28.4 Å². The van der Waals surface area contributed by atoms with E-state index in [-0.39, 0.29) is 24.8 Å². The van der Waals surface area contributed by atoms with E-state index in [0.717, 1.165) is 12.8 Å². The molecule has 2 aliphatic heterocycles. The van der Waals surface area contributed by atoms with E-state index in [1.807, 2.05) is 0 Å². The van der Waals surface area contributed by atoms with Crippen LogP contribution in [0.2, 0.25) is 12.1 Å². The Morgan fingerprint density at radius 3 is 1.33 bits per heavy atom. The third-order valence-corrected chi connectivity index (χ3v) is 11.3. The number of hydrogen-bond acceptors (Lipinski definition) is 9. The number of hydrogen-bond donors (Lipinski definition) is 0. The molecule has 0 saturated carbocycles. The van der Waals surface area contributed by atoms with Crippen LogP contribution < -0.4 is 0 Å². The van der Waals surface area contributed by atoms with Crippen molar-refractivity contribution in [1.82, 2.24) is 0 Å². The fourth-order valence-electron chi connectivity index (χ4n) is 2.78. The smallest absolute Gasteiger partial charge is 0.377 e. The van der Waals surface area contributed by atoms with Gasteiger partial charge in [-0.2, -0.15) is 0 Å². The van der Waals surface area contributed by atoms with Crippen molar-refractivity contribution in [3.8, 4) is 0 Å². The van der Waals surface area contributed by atoms with Gasteiger partial charge in [-0.25, -0.2) is 0 Å². The highest BCUT2D eigenvalue weighted by Gasteiger charge is 2.60. The molecule has 2 heterocycles. The van der Waals surface area contributed by atoms with Crippen LogP contribution in [-0.4, -0.2) is 84.0 Å². The van der Waals surface area contributed by atoms with Crippen molar-refractivity contribution in [1.29, 1.82) is 0 Å². The van der Waals surface area contributed by atoms with Crippen LogP contribution >= 0.6 is 0 Å². The van der Waals surface area contributed by atoms with Crippen LogP contribution in [0.5, 0.6) is 0 Å². The van der Waals surface area contributed by atoms with Gasteiger partial charge in [-0.05, 0) is 12.8 Å². The molecule has 11 heteroatoms. The molecule has 2 rings (SSSR count). The molecule has 160 valence electrons. The Bertz CT molecular complexity index is 396. The second-order valence-corrected chi connectivity index (χ2v) is 12.5. The Morgan fingerprint density at radius 1 is 0.667 bits per heavy atom. The lowest BCUT2D eigenvalue weighted by molar-refractivity contribution is 0.0505. The third kappa shape index (κ3) is 6.54. The van der Waals surface area contributed by atoms with Crippen LogP contribution in [0.3, 0.4) is 0 Å². The molecular weight excluding hydrogens is 392 g/mol. The van der Waals surface area contributed by atoms with E-state index in [9.17, 15) is 0 Å². The zero-order chi connectivity index (χ0) is 19.9. The van der Waals surface area contributed by atoms with Gasteiger partial charge in [0, 0.05) is 53.7 Å². The monoisotopic (exact) mass is 426 g/mol. The van der Waals surface area contributed by atoms with Gasteiger partial charge in [-0.15, -0.1) is 0 Å². The van der Waals surface area contributed by atoms with Gasteiger partial charge in [0.05, 0.1) is 0 Å². The standard InChI is InChI=1S/C16H34O9Si2/c1-7-9-21-15-13(23-15)11-26(17-3,18-4)25-27(19-5,20-6)12-14-16(24-14)22-10-8-2/h13-16H,7-12H2,1-6H3. The van der Waals surface area contributed by atoms with E-state index >= 15 is 0 Å². The van der Waals surface area contributed by atoms with E-state index in [1.165, 1.54) is 0 Å². The average Bonchev–Trinajstić information content (AvgIpc) is 3.61. The quantitative estimate of drug-likeness (QED) is 0.270. The third-order valence-electron chi connectivity index (χ3n) is 4.50. The van der Waals surface area contributed by atoms with Crippen molar-refractivity contribution in [2.75, 3.05) is 41.7 Å². The molecule has 2 fully saturated rings. The first-order valence-corrected chi connectivity index (χ1v) is 13.3. The van der Waals surface area contributed by atoms with Gasteiger partial charge in [0.25, 0.3) is 0 Å². The summed E-state index contributed by atoms with van der Waals surface area (Å²) in [6, 6.07) is 0.939. The van der Waals surface area contributed by atoms with Gasteiger partial charge in [-0.1, -0.05) is 13.8 Å². The molecule has 0 radical (unpaired) electrons. The topological polar surface area (TPSA) is 89.7 Å². The summed E-state index contributed by atoms with van der Waals surface area (Å²) in [6.45, 7) is 5.42. The molecular formula is C16H34O9Si2. The maximum Gasteiger partial charge on any atom is 0.495 e. The van der Waals surface area contributed by atoms with Crippen molar-refractivity contribution in [3.63, 3.8) is 0 Å². The summed E-state index contributed by atoms with van der Waals surface area (Å²) in [7, 11) is 0.142. The SMILES string of the molecule is CCCOC1OC1C[Si](OC)(OC)O[Si](CC1OC1OCCC)(OC)OC. The minimum Gasteiger partial charge on any atom is -0.377 e. The summed E-state index contributed by atoms with van der Waals surface area (Å²) in [5.74, 6) is 0. The lowest BCUT2D eigenvalue weighted by Gasteiger charge is -2.35. The zero-order valence-electron chi connectivity index (χ0n) is 17.2. The molecule has 4 atom stereocenters. The van der Waals surface area contributed by atoms with Crippen LogP contribution in [0, 0.1) is 0 Å². The van der Waals surface area contributed by atoms with Crippen LogP contribution in [0.25, 0.3) is 0 Å². The summed E-state index contributed by atoms with van der Waals surface area (Å²) < 4.78 is 51.5. The van der Waals surface area contributed by atoms with Gasteiger partial charge < -0.3 is 40.8 Å². The van der Waals surface area contributed by atoms with E-state index < -0.39 is 17.6 Å². The second kappa shape index (κ2) is 10.7. The molecule has 0 aromatic heterocycles. The molecule has 0 aromatic rings. The maximum atomic E-state index is 6.35. The summed E-state index contributed by atoms with van der Waals surface area (Å²) in [6.07, 6.45) is 1.19. The number of epoxide rings is 2. The maximum absolute atomic E-state index is 6.35. The lowest BCUT2D eigenvalue weighted by atomic mass is 10.5. The summed E-state index contributed by atoms with van der Waals surface area (Å²) in [5, 5.41) is 0. The van der Waals surface area contributed by atoms with Crippen LogP contribution in [0.4, 0.5) is 0 Å². The van der Waals surface area contributed by atoms with Gasteiger partial charge in [0.1, 0.15) is 12.2 Å². The van der Waals surface area contributed by atoms with Gasteiger partial charge in [0.2, 0.25) is 0 Å². The summed E-state index contributed by atoms with van der Waals surface area (Å²) in [4.78, 5) is 0. The van der Waals surface area contributed by atoms with Crippen LogP contribution in [0.15, 0.2) is 0 Å². The lowest BCUT2D eigenvalue weighted by Crippen LogP contribution is -2.58. The molecule has 27 heavy (non-hydrogen) atoms.